The molecule has 3 heteroatoms. The van der Waals surface area contributed by atoms with E-state index in [9.17, 15) is 0 Å². The van der Waals surface area contributed by atoms with E-state index in [1.165, 1.54) is 38.5 Å². The third-order valence-electron chi connectivity index (χ3n) is 11.2. The zero-order valence-corrected chi connectivity index (χ0v) is 31.1. The predicted octanol–water partition coefficient (Wildman–Crippen LogP) is 15.2. The van der Waals surface area contributed by atoms with Gasteiger partial charge in [-0.1, -0.05) is 152 Å². The van der Waals surface area contributed by atoms with Crippen molar-refractivity contribution >= 4 is 60.8 Å². The molecule has 11 aromatic rings. The molecule has 0 unspecified atom stereocenters. The minimum absolute atomic E-state index is 0.892. The molecule has 11 rings (SSSR count). The number of nitrogens with zero attached hydrogens (tertiary/aromatic N) is 2. The molecule has 9 aromatic carbocycles. The molecule has 0 aliphatic carbocycles. The average Bonchev–Trinajstić information content (AvgIpc) is 3.82. The minimum atomic E-state index is 0.892. The molecule has 2 heterocycles. The smallest absolute Gasteiger partial charge is 0.135 e. The van der Waals surface area contributed by atoms with Crippen molar-refractivity contribution in [3.05, 3.63) is 218 Å². The van der Waals surface area contributed by atoms with Gasteiger partial charge in [-0.05, 0) is 94.5 Å². The number of para-hydroxylation sites is 4. The van der Waals surface area contributed by atoms with Crippen molar-refractivity contribution < 1.29 is 4.42 Å². The summed E-state index contributed by atoms with van der Waals surface area (Å²) in [4.78, 5) is 2.39. The Bertz CT molecular complexity index is 3230. The molecule has 268 valence electrons. The van der Waals surface area contributed by atoms with Gasteiger partial charge in [0.1, 0.15) is 11.2 Å². The third kappa shape index (κ3) is 5.60. The standard InChI is InChI=1S/C54H36N2O/c1-4-16-37(17-5-1)43-31-29-41(35-48(43)38-18-6-2-7-19-38)56-51-26-14-11-23-45(51)46-32-30-42(36-52(46)56)55(40-20-8-3-9-21-40)50-25-13-10-22-44(50)39-28-33-54-49(34-39)47-24-12-15-27-53(47)57-54/h1-36H. The number of hydrogen-bond acceptors (Lipinski definition) is 2. The van der Waals surface area contributed by atoms with Crippen molar-refractivity contribution in [2.24, 2.45) is 0 Å². The Morgan fingerprint density at radius 3 is 1.77 bits per heavy atom. The highest BCUT2D eigenvalue weighted by molar-refractivity contribution is 6.11. The summed E-state index contributed by atoms with van der Waals surface area (Å²) in [5, 5.41) is 4.67. The van der Waals surface area contributed by atoms with Gasteiger partial charge in [-0.2, -0.15) is 0 Å². The molecule has 0 amide bonds. The van der Waals surface area contributed by atoms with Crippen LogP contribution in [0.2, 0.25) is 0 Å². The topological polar surface area (TPSA) is 21.3 Å². The summed E-state index contributed by atoms with van der Waals surface area (Å²) in [6.07, 6.45) is 0. The Morgan fingerprint density at radius 2 is 0.965 bits per heavy atom. The van der Waals surface area contributed by atoms with E-state index in [0.29, 0.717) is 0 Å². The van der Waals surface area contributed by atoms with Crippen LogP contribution in [0.1, 0.15) is 0 Å². The van der Waals surface area contributed by atoms with E-state index >= 15 is 0 Å². The van der Waals surface area contributed by atoms with Crippen LogP contribution < -0.4 is 4.90 Å². The van der Waals surface area contributed by atoms with E-state index in [1.807, 2.05) is 12.1 Å². The second kappa shape index (κ2) is 13.6. The van der Waals surface area contributed by atoms with Crippen LogP contribution in [-0.4, -0.2) is 4.57 Å². The summed E-state index contributed by atoms with van der Waals surface area (Å²) in [6, 6.07) is 78.3. The van der Waals surface area contributed by atoms with Crippen LogP contribution in [0.5, 0.6) is 0 Å². The van der Waals surface area contributed by atoms with Gasteiger partial charge in [-0.3, -0.25) is 0 Å². The number of hydrogen-bond donors (Lipinski definition) is 0. The lowest BCUT2D eigenvalue weighted by Crippen LogP contribution is -2.11. The van der Waals surface area contributed by atoms with Crippen LogP contribution in [0.25, 0.3) is 82.8 Å². The zero-order valence-electron chi connectivity index (χ0n) is 31.1. The second-order valence-electron chi connectivity index (χ2n) is 14.5. The van der Waals surface area contributed by atoms with Gasteiger partial charge >= 0.3 is 0 Å². The van der Waals surface area contributed by atoms with E-state index < -0.39 is 0 Å². The quantitative estimate of drug-likeness (QED) is 0.163. The minimum Gasteiger partial charge on any atom is -0.456 e. The largest absolute Gasteiger partial charge is 0.456 e. The molecule has 0 radical (unpaired) electrons. The molecule has 0 aliphatic rings. The number of benzene rings is 9. The lowest BCUT2D eigenvalue weighted by Gasteiger charge is -2.28. The normalized spacial score (nSPS) is 11.5. The Labute approximate surface area is 330 Å². The maximum absolute atomic E-state index is 6.22. The number of anilines is 3. The molecule has 2 aromatic heterocycles. The summed E-state index contributed by atoms with van der Waals surface area (Å²) in [7, 11) is 0. The van der Waals surface area contributed by atoms with Crippen LogP contribution in [0.15, 0.2) is 223 Å². The molecule has 3 nitrogen and oxygen atoms in total. The molecular weight excluding hydrogens is 693 g/mol. The number of rotatable bonds is 7. The van der Waals surface area contributed by atoms with Crippen LogP contribution in [-0.2, 0) is 0 Å². The maximum Gasteiger partial charge on any atom is 0.135 e. The van der Waals surface area contributed by atoms with Gasteiger partial charge < -0.3 is 13.9 Å². The monoisotopic (exact) mass is 728 g/mol. The first-order valence-corrected chi connectivity index (χ1v) is 19.4. The van der Waals surface area contributed by atoms with Crippen LogP contribution in [0, 0.1) is 0 Å². The Morgan fingerprint density at radius 1 is 0.333 bits per heavy atom. The van der Waals surface area contributed by atoms with Crippen LogP contribution in [0.4, 0.5) is 17.1 Å². The van der Waals surface area contributed by atoms with Gasteiger partial charge in [0.15, 0.2) is 0 Å². The fraction of sp³-hybridized carbons (Fsp3) is 0. The first kappa shape index (κ1) is 32.8. The van der Waals surface area contributed by atoms with Crippen molar-refractivity contribution in [2.75, 3.05) is 4.90 Å². The molecule has 0 saturated heterocycles. The summed E-state index contributed by atoms with van der Waals surface area (Å²) in [5.74, 6) is 0. The van der Waals surface area contributed by atoms with E-state index in [4.69, 9.17) is 4.42 Å². The molecule has 0 saturated carbocycles. The van der Waals surface area contributed by atoms with Gasteiger partial charge in [0, 0.05) is 44.2 Å². The van der Waals surface area contributed by atoms with Crippen molar-refractivity contribution in [1.29, 1.82) is 0 Å². The third-order valence-corrected chi connectivity index (χ3v) is 11.2. The molecular formula is C54H36N2O. The van der Waals surface area contributed by atoms with E-state index in [-0.39, 0.29) is 0 Å². The lowest BCUT2D eigenvalue weighted by atomic mass is 9.94. The fourth-order valence-electron chi connectivity index (χ4n) is 8.58. The summed E-state index contributed by atoms with van der Waals surface area (Å²) < 4.78 is 8.65. The predicted molar refractivity (Wildman–Crippen MR) is 239 cm³/mol. The number of furan rings is 1. The SMILES string of the molecule is c1ccc(-c2ccc(-n3c4ccccc4c4ccc(N(c5ccccc5)c5ccccc5-c5ccc6oc7ccccc7c6c5)cc43)cc2-c2ccccc2)cc1. The van der Waals surface area contributed by atoms with Gasteiger partial charge in [0.05, 0.1) is 16.7 Å². The molecule has 57 heavy (non-hydrogen) atoms. The average molecular weight is 729 g/mol. The Hall–Kier alpha value is -7.62. The zero-order chi connectivity index (χ0) is 37.7. The van der Waals surface area contributed by atoms with Crippen molar-refractivity contribution in [1.82, 2.24) is 4.57 Å². The summed E-state index contributed by atoms with van der Waals surface area (Å²) in [5.41, 5.74) is 15.5. The summed E-state index contributed by atoms with van der Waals surface area (Å²) in [6.45, 7) is 0. The molecule has 0 bridgehead atoms. The first-order valence-electron chi connectivity index (χ1n) is 19.4. The lowest BCUT2D eigenvalue weighted by molar-refractivity contribution is 0.669. The Kier molecular flexibility index (Phi) is 7.82. The first-order chi connectivity index (χ1) is 28.3. The van der Waals surface area contributed by atoms with E-state index in [1.54, 1.807) is 0 Å². The van der Waals surface area contributed by atoms with Crippen molar-refractivity contribution in [2.45, 2.75) is 0 Å². The molecule has 0 aliphatic heterocycles. The van der Waals surface area contributed by atoms with Gasteiger partial charge in [0.2, 0.25) is 0 Å². The van der Waals surface area contributed by atoms with Crippen molar-refractivity contribution in [3.63, 3.8) is 0 Å². The molecule has 0 fully saturated rings. The van der Waals surface area contributed by atoms with Gasteiger partial charge in [-0.25, -0.2) is 0 Å². The Balaban J connectivity index is 1.13. The molecule has 0 N–H and O–H groups in total. The van der Waals surface area contributed by atoms with E-state index in [0.717, 1.165) is 61.3 Å². The molecule has 0 spiro atoms. The van der Waals surface area contributed by atoms with Gasteiger partial charge in [0.25, 0.3) is 0 Å². The van der Waals surface area contributed by atoms with Crippen LogP contribution >= 0.6 is 0 Å². The highest BCUT2D eigenvalue weighted by Gasteiger charge is 2.21. The number of aromatic nitrogens is 1. The number of fused-ring (bicyclic) bond motifs is 6. The highest BCUT2D eigenvalue weighted by Crippen LogP contribution is 2.45. The van der Waals surface area contributed by atoms with Crippen molar-refractivity contribution in [3.8, 4) is 39.1 Å². The molecule has 0 atom stereocenters. The van der Waals surface area contributed by atoms with E-state index in [2.05, 4.69) is 216 Å². The van der Waals surface area contributed by atoms with Gasteiger partial charge in [-0.15, -0.1) is 0 Å². The second-order valence-corrected chi connectivity index (χ2v) is 14.5. The fourth-order valence-corrected chi connectivity index (χ4v) is 8.58. The highest BCUT2D eigenvalue weighted by atomic mass is 16.3. The maximum atomic E-state index is 6.22. The van der Waals surface area contributed by atoms with Crippen LogP contribution in [0.3, 0.4) is 0 Å². The summed E-state index contributed by atoms with van der Waals surface area (Å²) >= 11 is 0.